The van der Waals surface area contributed by atoms with Gasteiger partial charge in [-0.1, -0.05) is 57.2 Å². The van der Waals surface area contributed by atoms with Gasteiger partial charge in [-0.05, 0) is 77.7 Å². The zero-order valence-corrected chi connectivity index (χ0v) is 22.2. The summed E-state index contributed by atoms with van der Waals surface area (Å²) in [4.78, 5) is 25.6. The maximum Gasteiger partial charge on any atom is 0.261 e. The SMILES string of the molecule is CC(C)(C)c1ccc(C(=O)Nc2cccc(NC(=O)c3ccc(NS(=O)(=O)c4ccccc4)cc3)c2)cc1. The summed E-state index contributed by atoms with van der Waals surface area (Å²) < 4.78 is 27.5. The first-order valence-corrected chi connectivity index (χ1v) is 13.5. The van der Waals surface area contributed by atoms with Crippen molar-refractivity contribution in [1.29, 1.82) is 0 Å². The number of nitrogens with one attached hydrogen (secondary N) is 3. The fourth-order valence-corrected chi connectivity index (χ4v) is 4.79. The smallest absolute Gasteiger partial charge is 0.261 e. The molecule has 0 radical (unpaired) electrons. The van der Waals surface area contributed by atoms with Gasteiger partial charge in [0.15, 0.2) is 0 Å². The largest absolute Gasteiger partial charge is 0.322 e. The third-order valence-corrected chi connectivity index (χ3v) is 7.24. The molecule has 7 nitrogen and oxygen atoms in total. The van der Waals surface area contributed by atoms with Gasteiger partial charge in [0.1, 0.15) is 0 Å². The monoisotopic (exact) mass is 527 g/mol. The zero-order chi connectivity index (χ0) is 27.3. The Morgan fingerprint density at radius 1 is 0.605 bits per heavy atom. The zero-order valence-electron chi connectivity index (χ0n) is 21.4. The van der Waals surface area contributed by atoms with Gasteiger partial charge >= 0.3 is 0 Å². The van der Waals surface area contributed by atoms with E-state index in [4.69, 9.17) is 0 Å². The molecule has 4 aromatic carbocycles. The molecule has 0 saturated carbocycles. The number of sulfonamides is 1. The molecule has 0 spiro atoms. The van der Waals surface area contributed by atoms with Gasteiger partial charge in [-0.2, -0.15) is 0 Å². The van der Waals surface area contributed by atoms with Crippen molar-refractivity contribution in [2.24, 2.45) is 0 Å². The molecule has 2 amide bonds. The Morgan fingerprint density at radius 2 is 1.11 bits per heavy atom. The number of carbonyl (C=O) groups is 2. The lowest BCUT2D eigenvalue weighted by Crippen LogP contribution is -2.15. The summed E-state index contributed by atoms with van der Waals surface area (Å²) >= 11 is 0. The van der Waals surface area contributed by atoms with Gasteiger partial charge in [-0.15, -0.1) is 0 Å². The quantitative estimate of drug-likeness (QED) is 0.263. The molecule has 0 aliphatic heterocycles. The lowest BCUT2D eigenvalue weighted by Gasteiger charge is -2.19. The molecule has 0 aliphatic carbocycles. The summed E-state index contributed by atoms with van der Waals surface area (Å²) in [6.07, 6.45) is 0. The van der Waals surface area contributed by atoms with Gasteiger partial charge in [0.25, 0.3) is 21.8 Å². The van der Waals surface area contributed by atoms with E-state index in [0.717, 1.165) is 5.56 Å². The molecule has 0 saturated heterocycles. The summed E-state index contributed by atoms with van der Waals surface area (Å²) in [7, 11) is -3.72. The fraction of sp³-hybridized carbons (Fsp3) is 0.133. The van der Waals surface area contributed by atoms with Crippen LogP contribution >= 0.6 is 0 Å². The summed E-state index contributed by atoms with van der Waals surface area (Å²) in [5.41, 5.74) is 3.41. The van der Waals surface area contributed by atoms with Crippen molar-refractivity contribution in [2.75, 3.05) is 15.4 Å². The van der Waals surface area contributed by atoms with Crippen LogP contribution in [-0.4, -0.2) is 20.2 Å². The van der Waals surface area contributed by atoms with E-state index in [1.165, 1.54) is 36.4 Å². The molecule has 0 fully saturated rings. The topological polar surface area (TPSA) is 104 Å². The van der Waals surface area contributed by atoms with Crippen LogP contribution in [0.3, 0.4) is 0 Å². The summed E-state index contributed by atoms with van der Waals surface area (Å²) in [6, 6.07) is 28.5. The number of hydrogen-bond donors (Lipinski definition) is 3. The highest BCUT2D eigenvalue weighted by molar-refractivity contribution is 7.92. The minimum absolute atomic E-state index is 0.00174. The number of benzene rings is 4. The Bertz CT molecular complexity index is 1540. The van der Waals surface area contributed by atoms with Gasteiger partial charge in [0.05, 0.1) is 4.90 Å². The first kappa shape index (κ1) is 26.6. The summed E-state index contributed by atoms with van der Waals surface area (Å²) in [5.74, 6) is -0.619. The summed E-state index contributed by atoms with van der Waals surface area (Å²) in [5, 5.41) is 5.66. The van der Waals surface area contributed by atoms with Crippen LogP contribution in [0.1, 0.15) is 47.1 Å². The standard InChI is InChI=1S/C30H29N3O4S/c1-30(2,3)23-16-12-21(13-17-23)28(34)31-25-8-7-9-26(20-25)32-29(35)22-14-18-24(19-15-22)33-38(36,37)27-10-5-4-6-11-27/h4-20,33H,1-3H3,(H,31,34)(H,32,35). The number of anilines is 3. The van der Waals surface area contributed by atoms with E-state index in [0.29, 0.717) is 28.2 Å². The van der Waals surface area contributed by atoms with Crippen LogP contribution in [0.2, 0.25) is 0 Å². The lowest BCUT2D eigenvalue weighted by atomic mass is 9.87. The fourth-order valence-electron chi connectivity index (χ4n) is 3.71. The Kier molecular flexibility index (Phi) is 7.64. The Balaban J connectivity index is 1.39. The van der Waals surface area contributed by atoms with E-state index < -0.39 is 10.0 Å². The number of amides is 2. The van der Waals surface area contributed by atoms with Crippen LogP contribution < -0.4 is 15.4 Å². The highest BCUT2D eigenvalue weighted by atomic mass is 32.2. The number of rotatable bonds is 7. The maximum atomic E-state index is 12.8. The molecule has 0 unspecified atom stereocenters. The van der Waals surface area contributed by atoms with Crippen molar-refractivity contribution in [1.82, 2.24) is 0 Å². The Labute approximate surface area is 223 Å². The summed E-state index contributed by atoms with van der Waals surface area (Å²) in [6.45, 7) is 6.34. The van der Waals surface area contributed by atoms with Crippen molar-refractivity contribution in [3.8, 4) is 0 Å². The van der Waals surface area contributed by atoms with Gasteiger partial charge in [0, 0.05) is 28.2 Å². The molecule has 0 heterocycles. The van der Waals surface area contributed by atoms with Crippen LogP contribution in [0.25, 0.3) is 0 Å². The van der Waals surface area contributed by atoms with Crippen molar-refractivity contribution in [3.63, 3.8) is 0 Å². The second kappa shape index (κ2) is 10.9. The molecular formula is C30H29N3O4S. The third kappa shape index (κ3) is 6.66. The van der Waals surface area contributed by atoms with Crippen molar-refractivity contribution in [3.05, 3.63) is 120 Å². The van der Waals surface area contributed by atoms with E-state index in [1.807, 2.05) is 12.1 Å². The van der Waals surface area contributed by atoms with Gasteiger partial charge < -0.3 is 10.6 Å². The van der Waals surface area contributed by atoms with E-state index in [1.54, 1.807) is 54.6 Å². The van der Waals surface area contributed by atoms with Gasteiger partial charge in [0.2, 0.25) is 0 Å². The highest BCUT2D eigenvalue weighted by Gasteiger charge is 2.16. The molecule has 0 atom stereocenters. The molecule has 0 aromatic heterocycles. The molecule has 4 aromatic rings. The van der Waals surface area contributed by atoms with E-state index in [2.05, 4.69) is 36.1 Å². The molecule has 3 N–H and O–H groups in total. The lowest BCUT2D eigenvalue weighted by molar-refractivity contribution is 0.101. The second-order valence-corrected chi connectivity index (χ2v) is 11.5. The van der Waals surface area contributed by atoms with Crippen molar-refractivity contribution >= 4 is 38.9 Å². The average Bonchev–Trinajstić information content (AvgIpc) is 2.89. The van der Waals surface area contributed by atoms with Crippen LogP contribution in [0.15, 0.2) is 108 Å². The van der Waals surface area contributed by atoms with Crippen molar-refractivity contribution in [2.45, 2.75) is 31.1 Å². The molecule has 194 valence electrons. The van der Waals surface area contributed by atoms with Gasteiger partial charge in [-0.25, -0.2) is 8.42 Å². The predicted molar refractivity (Wildman–Crippen MR) is 151 cm³/mol. The first-order valence-electron chi connectivity index (χ1n) is 12.0. The van der Waals surface area contributed by atoms with E-state index in [-0.39, 0.29) is 22.1 Å². The van der Waals surface area contributed by atoms with Crippen LogP contribution in [0, 0.1) is 0 Å². The normalized spacial score (nSPS) is 11.4. The van der Waals surface area contributed by atoms with E-state index in [9.17, 15) is 18.0 Å². The van der Waals surface area contributed by atoms with Crippen molar-refractivity contribution < 1.29 is 18.0 Å². The molecule has 8 heteroatoms. The maximum absolute atomic E-state index is 12.8. The molecule has 38 heavy (non-hydrogen) atoms. The molecule has 4 rings (SSSR count). The van der Waals surface area contributed by atoms with Crippen LogP contribution in [-0.2, 0) is 15.4 Å². The minimum Gasteiger partial charge on any atom is -0.322 e. The first-order chi connectivity index (χ1) is 18.0. The van der Waals surface area contributed by atoms with Crippen LogP contribution in [0.4, 0.5) is 17.1 Å². The number of carbonyl (C=O) groups excluding carboxylic acids is 2. The van der Waals surface area contributed by atoms with Crippen LogP contribution in [0.5, 0.6) is 0 Å². The average molecular weight is 528 g/mol. The highest BCUT2D eigenvalue weighted by Crippen LogP contribution is 2.23. The second-order valence-electron chi connectivity index (χ2n) is 9.81. The Morgan fingerprint density at radius 3 is 1.61 bits per heavy atom. The van der Waals surface area contributed by atoms with E-state index >= 15 is 0 Å². The molecular weight excluding hydrogens is 498 g/mol. The molecule has 0 bridgehead atoms. The third-order valence-electron chi connectivity index (χ3n) is 5.84. The number of hydrogen-bond acceptors (Lipinski definition) is 4. The minimum atomic E-state index is -3.72. The molecule has 0 aliphatic rings. The Hall–Kier alpha value is -4.43. The van der Waals surface area contributed by atoms with Gasteiger partial charge in [-0.3, -0.25) is 14.3 Å². The predicted octanol–water partition coefficient (Wildman–Crippen LogP) is 6.29.